The Labute approximate surface area is 212 Å². The van der Waals surface area contributed by atoms with Crippen LogP contribution in [0.25, 0.3) is 12.2 Å². The third kappa shape index (κ3) is 7.70. The Morgan fingerprint density at radius 2 is 1.25 bits per heavy atom. The normalized spacial score (nSPS) is 10.3. The molecular weight excluding hydrogens is 460 g/mol. The van der Waals surface area contributed by atoms with E-state index in [0.717, 1.165) is 28.7 Å². The molecular formula is C29H34O7. The summed E-state index contributed by atoms with van der Waals surface area (Å²) >= 11 is 0. The largest absolute Gasteiger partial charge is 0.504 e. The number of rotatable bonds is 10. The summed E-state index contributed by atoms with van der Waals surface area (Å²) in [5, 5.41) is 9.94. The average molecular weight is 495 g/mol. The highest BCUT2D eigenvalue weighted by atomic mass is 16.5. The zero-order valence-electron chi connectivity index (χ0n) is 21.7. The van der Waals surface area contributed by atoms with Gasteiger partial charge in [-0.1, -0.05) is 18.2 Å². The molecule has 3 aromatic rings. The molecule has 0 saturated carbocycles. The molecule has 3 aromatic carbocycles. The van der Waals surface area contributed by atoms with Crippen LogP contribution in [-0.2, 0) is 0 Å². The lowest BCUT2D eigenvalue weighted by Crippen LogP contribution is -1.95. The van der Waals surface area contributed by atoms with E-state index in [0.29, 0.717) is 41.8 Å². The molecule has 0 heterocycles. The van der Waals surface area contributed by atoms with Crippen molar-refractivity contribution in [3.63, 3.8) is 0 Å². The molecule has 0 atom stereocenters. The van der Waals surface area contributed by atoms with Crippen LogP contribution in [0.3, 0.4) is 0 Å². The predicted octanol–water partition coefficient (Wildman–Crippen LogP) is 6.19. The number of aromatic hydroxyl groups is 1. The fourth-order valence-corrected chi connectivity index (χ4v) is 3.37. The number of hydrogen-bond donors (Lipinski definition) is 1. The molecule has 0 saturated heterocycles. The standard InChI is InChI=1S/C19H22O5.C10H12O2/c1-5-24-16-9-8-13(10-15(16)20)6-7-14-11-17(21-2)19(23-4)18(12-14)22-3;1-3-12-10-5-4-9(7-11)6-8(10)2/h6-12,20H,5H2,1-4H3;4-7H,3H2,1-2H3/b7-6-;. The van der Waals surface area contributed by atoms with Gasteiger partial charge in [-0.25, -0.2) is 0 Å². The van der Waals surface area contributed by atoms with E-state index in [1.54, 1.807) is 39.5 Å². The summed E-state index contributed by atoms with van der Waals surface area (Å²) in [7, 11) is 4.73. The van der Waals surface area contributed by atoms with Crippen LogP contribution in [0, 0.1) is 6.92 Å². The Hall–Kier alpha value is -4.13. The van der Waals surface area contributed by atoms with Gasteiger partial charge in [0.05, 0.1) is 34.5 Å². The lowest BCUT2D eigenvalue weighted by molar-refractivity contribution is 0.112. The molecule has 7 nitrogen and oxygen atoms in total. The average Bonchev–Trinajstić information content (AvgIpc) is 2.89. The summed E-state index contributed by atoms with van der Waals surface area (Å²) in [5.41, 5.74) is 3.43. The highest BCUT2D eigenvalue weighted by molar-refractivity contribution is 5.75. The second-order valence-corrected chi connectivity index (χ2v) is 7.53. The molecule has 0 aromatic heterocycles. The molecule has 3 rings (SSSR count). The summed E-state index contributed by atoms with van der Waals surface area (Å²) in [4.78, 5) is 10.4. The molecule has 0 aliphatic heterocycles. The summed E-state index contributed by atoms with van der Waals surface area (Å²) < 4.78 is 26.6. The van der Waals surface area contributed by atoms with E-state index < -0.39 is 0 Å². The fourth-order valence-electron chi connectivity index (χ4n) is 3.37. The fraction of sp³-hybridized carbons (Fsp3) is 0.276. The summed E-state index contributed by atoms with van der Waals surface area (Å²) in [6.45, 7) is 6.90. The molecule has 0 fully saturated rings. The van der Waals surface area contributed by atoms with Crippen molar-refractivity contribution in [1.29, 1.82) is 0 Å². The highest BCUT2D eigenvalue weighted by Crippen LogP contribution is 2.38. The lowest BCUT2D eigenvalue weighted by Gasteiger charge is -2.12. The van der Waals surface area contributed by atoms with Crippen LogP contribution < -0.4 is 23.7 Å². The van der Waals surface area contributed by atoms with Gasteiger partial charge in [0, 0.05) is 5.56 Å². The maximum absolute atomic E-state index is 10.4. The van der Waals surface area contributed by atoms with Crippen LogP contribution in [0.15, 0.2) is 48.5 Å². The first-order valence-electron chi connectivity index (χ1n) is 11.5. The number of ether oxygens (including phenoxy) is 5. The molecule has 7 heteroatoms. The van der Waals surface area contributed by atoms with Gasteiger partial charge in [-0.05, 0) is 79.9 Å². The highest BCUT2D eigenvalue weighted by Gasteiger charge is 2.12. The summed E-state index contributed by atoms with van der Waals surface area (Å²) in [6.07, 6.45) is 4.62. The first-order chi connectivity index (χ1) is 17.4. The molecule has 0 aliphatic rings. The number of aldehydes is 1. The topological polar surface area (TPSA) is 83.5 Å². The van der Waals surface area contributed by atoms with Crippen molar-refractivity contribution in [3.8, 4) is 34.5 Å². The molecule has 1 N–H and O–H groups in total. The summed E-state index contributed by atoms with van der Waals surface area (Å²) in [5.74, 6) is 3.17. The minimum Gasteiger partial charge on any atom is -0.504 e. The van der Waals surface area contributed by atoms with Crippen molar-refractivity contribution in [3.05, 3.63) is 70.8 Å². The second kappa shape index (κ2) is 14.3. The van der Waals surface area contributed by atoms with Gasteiger partial charge in [0.1, 0.15) is 12.0 Å². The van der Waals surface area contributed by atoms with Gasteiger partial charge >= 0.3 is 0 Å². The zero-order chi connectivity index (χ0) is 26.5. The predicted molar refractivity (Wildman–Crippen MR) is 142 cm³/mol. The van der Waals surface area contributed by atoms with E-state index in [2.05, 4.69) is 0 Å². The van der Waals surface area contributed by atoms with Gasteiger partial charge in [0.15, 0.2) is 23.0 Å². The smallest absolute Gasteiger partial charge is 0.203 e. The van der Waals surface area contributed by atoms with Crippen LogP contribution in [0.1, 0.15) is 40.9 Å². The number of methoxy groups -OCH3 is 3. The second-order valence-electron chi connectivity index (χ2n) is 7.53. The maximum Gasteiger partial charge on any atom is 0.203 e. The van der Waals surface area contributed by atoms with Gasteiger partial charge in [0.2, 0.25) is 5.75 Å². The van der Waals surface area contributed by atoms with Gasteiger partial charge < -0.3 is 28.8 Å². The maximum atomic E-state index is 10.4. The monoisotopic (exact) mass is 494 g/mol. The van der Waals surface area contributed by atoms with Crippen molar-refractivity contribution in [2.24, 2.45) is 0 Å². The van der Waals surface area contributed by atoms with Crippen LogP contribution in [0.5, 0.6) is 34.5 Å². The molecule has 192 valence electrons. The Morgan fingerprint density at radius 1 is 0.694 bits per heavy atom. The van der Waals surface area contributed by atoms with E-state index in [1.807, 2.05) is 63.3 Å². The van der Waals surface area contributed by atoms with Crippen molar-refractivity contribution in [2.75, 3.05) is 34.5 Å². The Kier molecular flexibility index (Phi) is 11.2. The molecule has 0 bridgehead atoms. The number of hydrogen-bond acceptors (Lipinski definition) is 7. The minimum atomic E-state index is 0.115. The van der Waals surface area contributed by atoms with Gasteiger partial charge in [-0.15, -0.1) is 0 Å². The molecule has 0 spiro atoms. The number of benzene rings is 3. The molecule has 0 radical (unpaired) electrons. The van der Waals surface area contributed by atoms with Crippen molar-refractivity contribution < 1.29 is 33.6 Å². The SMILES string of the molecule is CCOc1ccc(/C=C\c2cc(OC)c(OC)c(OC)c2)cc1O.CCOc1ccc(C=O)cc1C. The van der Waals surface area contributed by atoms with E-state index in [1.165, 1.54) is 0 Å². The van der Waals surface area contributed by atoms with Crippen LogP contribution in [0.4, 0.5) is 0 Å². The first-order valence-corrected chi connectivity index (χ1v) is 11.5. The Bertz CT molecular complexity index is 1140. The van der Waals surface area contributed by atoms with E-state index in [-0.39, 0.29) is 5.75 Å². The van der Waals surface area contributed by atoms with Crippen molar-refractivity contribution >= 4 is 18.4 Å². The minimum absolute atomic E-state index is 0.115. The first kappa shape index (κ1) is 28.1. The van der Waals surface area contributed by atoms with E-state index in [9.17, 15) is 9.90 Å². The van der Waals surface area contributed by atoms with Gasteiger partial charge in [-0.3, -0.25) is 4.79 Å². The molecule has 0 amide bonds. The van der Waals surface area contributed by atoms with Crippen molar-refractivity contribution in [2.45, 2.75) is 20.8 Å². The van der Waals surface area contributed by atoms with E-state index >= 15 is 0 Å². The summed E-state index contributed by atoms with van der Waals surface area (Å²) in [6, 6.07) is 14.4. The Balaban J connectivity index is 0.000000319. The number of phenols is 1. The number of aryl methyl sites for hydroxylation is 1. The van der Waals surface area contributed by atoms with E-state index in [4.69, 9.17) is 23.7 Å². The van der Waals surface area contributed by atoms with Crippen molar-refractivity contribution in [1.82, 2.24) is 0 Å². The molecule has 36 heavy (non-hydrogen) atoms. The molecule has 0 unspecified atom stereocenters. The Morgan fingerprint density at radius 3 is 1.75 bits per heavy atom. The van der Waals surface area contributed by atoms with Crippen LogP contribution in [-0.4, -0.2) is 45.9 Å². The number of carbonyl (C=O) groups excluding carboxylic acids is 1. The third-order valence-electron chi connectivity index (χ3n) is 5.07. The van der Waals surface area contributed by atoms with Crippen LogP contribution in [0.2, 0.25) is 0 Å². The lowest BCUT2D eigenvalue weighted by atomic mass is 10.1. The third-order valence-corrected chi connectivity index (χ3v) is 5.07. The number of carbonyl (C=O) groups is 1. The number of phenolic OH excluding ortho intramolecular Hbond substituents is 1. The van der Waals surface area contributed by atoms with Crippen LogP contribution >= 0.6 is 0 Å². The van der Waals surface area contributed by atoms with Gasteiger partial charge in [-0.2, -0.15) is 0 Å². The molecule has 0 aliphatic carbocycles. The zero-order valence-corrected chi connectivity index (χ0v) is 21.7. The van der Waals surface area contributed by atoms with Gasteiger partial charge in [0.25, 0.3) is 0 Å². The quantitative estimate of drug-likeness (QED) is 0.266.